The molecule has 1 aromatic heterocycles. The average molecular weight is 328 g/mol. The van der Waals surface area contributed by atoms with Crippen molar-refractivity contribution in [1.29, 1.82) is 0 Å². The topological polar surface area (TPSA) is 31.2 Å². The van der Waals surface area contributed by atoms with Crippen LogP contribution in [0.5, 0.6) is 5.75 Å². The predicted molar refractivity (Wildman–Crippen MR) is 93.6 cm³/mol. The van der Waals surface area contributed by atoms with E-state index in [1.54, 1.807) is 0 Å². The number of fused-ring (bicyclic) bond motifs is 1. The van der Waals surface area contributed by atoms with E-state index in [2.05, 4.69) is 4.57 Å². The maximum absolute atomic E-state index is 11.2. The van der Waals surface area contributed by atoms with Crippen LogP contribution in [0.15, 0.2) is 48.7 Å². The number of aldehydes is 1. The van der Waals surface area contributed by atoms with E-state index in [1.165, 1.54) is 5.56 Å². The minimum Gasteiger partial charge on any atom is -0.494 e. The van der Waals surface area contributed by atoms with Gasteiger partial charge in [-0.2, -0.15) is 0 Å². The molecule has 0 spiro atoms. The number of carbonyl (C=O) groups is 1. The molecule has 0 aliphatic rings. The lowest BCUT2D eigenvalue weighted by Crippen LogP contribution is -2.03. The third kappa shape index (κ3) is 3.57. The number of aromatic nitrogens is 1. The highest BCUT2D eigenvalue weighted by atomic mass is 35.5. The first-order valence-corrected chi connectivity index (χ1v) is 7.98. The third-order valence-corrected chi connectivity index (χ3v) is 4.04. The molecule has 0 aliphatic heterocycles. The van der Waals surface area contributed by atoms with Gasteiger partial charge in [-0.05, 0) is 49.2 Å². The monoisotopic (exact) mass is 327 g/mol. The first-order chi connectivity index (χ1) is 11.2. The maximum Gasteiger partial charge on any atom is 0.152 e. The molecule has 1 heterocycles. The Hall–Kier alpha value is -2.26. The Kier molecular flexibility index (Phi) is 4.68. The number of carbonyl (C=O) groups excluding carboxylic acids is 1. The van der Waals surface area contributed by atoms with E-state index in [-0.39, 0.29) is 0 Å². The van der Waals surface area contributed by atoms with Gasteiger partial charge in [0.05, 0.1) is 6.61 Å². The summed E-state index contributed by atoms with van der Waals surface area (Å²) in [6.45, 7) is 3.47. The van der Waals surface area contributed by atoms with Crippen LogP contribution in [-0.2, 0) is 6.54 Å². The molecule has 2 aromatic carbocycles. The Balaban J connectivity index is 1.66. The number of rotatable bonds is 6. The Bertz CT molecular complexity index is 839. The fourth-order valence-corrected chi connectivity index (χ4v) is 2.88. The molecule has 0 saturated heterocycles. The first-order valence-electron chi connectivity index (χ1n) is 7.60. The molecule has 0 amide bonds. The number of benzene rings is 2. The van der Waals surface area contributed by atoms with Crippen LogP contribution in [0, 0.1) is 6.92 Å². The van der Waals surface area contributed by atoms with Gasteiger partial charge in [0, 0.05) is 34.2 Å². The fourth-order valence-electron chi connectivity index (χ4n) is 2.71. The molecule has 0 bridgehead atoms. The van der Waals surface area contributed by atoms with E-state index < -0.39 is 0 Å². The van der Waals surface area contributed by atoms with Crippen molar-refractivity contribution in [2.45, 2.75) is 19.9 Å². The minimum atomic E-state index is 0.632. The summed E-state index contributed by atoms with van der Waals surface area (Å²) in [7, 11) is 0. The quantitative estimate of drug-likeness (QED) is 0.477. The zero-order chi connectivity index (χ0) is 16.2. The summed E-state index contributed by atoms with van der Waals surface area (Å²) >= 11 is 6.02. The van der Waals surface area contributed by atoms with Crippen LogP contribution in [0.3, 0.4) is 0 Å². The van der Waals surface area contributed by atoms with Gasteiger partial charge in [0.25, 0.3) is 0 Å². The molecule has 3 aromatic rings. The summed E-state index contributed by atoms with van der Waals surface area (Å²) in [5, 5.41) is 1.54. The Morgan fingerprint density at radius 3 is 2.87 bits per heavy atom. The largest absolute Gasteiger partial charge is 0.494 e. The average Bonchev–Trinajstić information content (AvgIpc) is 2.89. The molecule has 4 heteroatoms. The lowest BCUT2D eigenvalue weighted by Gasteiger charge is -2.08. The van der Waals surface area contributed by atoms with E-state index >= 15 is 0 Å². The fraction of sp³-hybridized carbons (Fsp3) is 0.211. The van der Waals surface area contributed by atoms with Gasteiger partial charge in [0.2, 0.25) is 0 Å². The number of hydrogen-bond donors (Lipinski definition) is 0. The van der Waals surface area contributed by atoms with Gasteiger partial charge in [-0.25, -0.2) is 0 Å². The summed E-state index contributed by atoms with van der Waals surface area (Å²) in [6, 6.07) is 13.7. The van der Waals surface area contributed by atoms with Crippen molar-refractivity contribution in [2.24, 2.45) is 0 Å². The van der Waals surface area contributed by atoms with Gasteiger partial charge in [0.1, 0.15) is 5.75 Å². The van der Waals surface area contributed by atoms with Crippen molar-refractivity contribution in [3.63, 3.8) is 0 Å². The van der Waals surface area contributed by atoms with Crippen molar-refractivity contribution >= 4 is 28.8 Å². The van der Waals surface area contributed by atoms with E-state index in [4.69, 9.17) is 16.3 Å². The minimum absolute atomic E-state index is 0.632. The molecule has 0 atom stereocenters. The van der Waals surface area contributed by atoms with Crippen LogP contribution in [0.2, 0.25) is 5.02 Å². The van der Waals surface area contributed by atoms with Crippen LogP contribution < -0.4 is 4.74 Å². The SMILES string of the molecule is Cc1cccc(OCCCn2cc(C=O)c3cc(Cl)ccc32)c1. The second kappa shape index (κ2) is 6.88. The van der Waals surface area contributed by atoms with Gasteiger partial charge in [-0.3, -0.25) is 4.79 Å². The standard InChI is InChI=1S/C19H18ClNO2/c1-14-4-2-5-17(10-14)23-9-3-8-21-12-15(13-22)18-11-16(20)6-7-19(18)21/h2,4-7,10-13H,3,8-9H2,1H3. The lowest BCUT2D eigenvalue weighted by atomic mass is 10.2. The second-order valence-corrected chi connectivity index (χ2v) is 6.01. The maximum atomic E-state index is 11.2. The Morgan fingerprint density at radius 1 is 1.22 bits per heavy atom. The molecule has 0 aliphatic carbocycles. The van der Waals surface area contributed by atoms with Crippen molar-refractivity contribution in [3.05, 3.63) is 64.8 Å². The molecule has 0 unspecified atom stereocenters. The van der Waals surface area contributed by atoms with Crippen LogP contribution in [0.4, 0.5) is 0 Å². The van der Waals surface area contributed by atoms with Crippen molar-refractivity contribution in [3.8, 4) is 5.75 Å². The van der Waals surface area contributed by atoms with Crippen molar-refractivity contribution in [2.75, 3.05) is 6.61 Å². The number of nitrogens with zero attached hydrogens (tertiary/aromatic N) is 1. The molecule has 0 radical (unpaired) electrons. The molecule has 118 valence electrons. The van der Waals surface area contributed by atoms with Crippen LogP contribution in [0.25, 0.3) is 10.9 Å². The summed E-state index contributed by atoms with van der Waals surface area (Å²) in [6.07, 6.45) is 3.61. The van der Waals surface area contributed by atoms with Crippen LogP contribution in [-0.4, -0.2) is 17.5 Å². The molecule has 0 N–H and O–H groups in total. The van der Waals surface area contributed by atoms with Gasteiger partial charge < -0.3 is 9.30 Å². The number of halogens is 1. The predicted octanol–water partition coefficient (Wildman–Crippen LogP) is 4.88. The van der Waals surface area contributed by atoms with E-state index in [9.17, 15) is 4.79 Å². The van der Waals surface area contributed by atoms with Crippen molar-refractivity contribution < 1.29 is 9.53 Å². The molecule has 3 nitrogen and oxygen atoms in total. The zero-order valence-corrected chi connectivity index (χ0v) is 13.7. The number of hydrogen-bond acceptors (Lipinski definition) is 2. The van der Waals surface area contributed by atoms with E-state index in [0.717, 1.165) is 35.9 Å². The third-order valence-electron chi connectivity index (χ3n) is 3.80. The van der Waals surface area contributed by atoms with Crippen molar-refractivity contribution in [1.82, 2.24) is 4.57 Å². The molecule has 3 rings (SSSR count). The Labute approximate surface area is 140 Å². The number of aryl methyl sites for hydroxylation is 2. The van der Waals surface area contributed by atoms with Gasteiger partial charge >= 0.3 is 0 Å². The van der Waals surface area contributed by atoms with Gasteiger partial charge in [0.15, 0.2) is 6.29 Å². The Morgan fingerprint density at radius 2 is 2.09 bits per heavy atom. The molecular weight excluding hydrogens is 310 g/mol. The highest BCUT2D eigenvalue weighted by molar-refractivity contribution is 6.31. The van der Waals surface area contributed by atoms with Crippen LogP contribution >= 0.6 is 11.6 Å². The normalized spacial score (nSPS) is 10.9. The van der Waals surface area contributed by atoms with E-state index in [0.29, 0.717) is 17.2 Å². The van der Waals surface area contributed by atoms with Gasteiger partial charge in [-0.1, -0.05) is 23.7 Å². The zero-order valence-electron chi connectivity index (χ0n) is 13.0. The highest BCUT2D eigenvalue weighted by Gasteiger charge is 2.08. The number of ether oxygens (including phenoxy) is 1. The lowest BCUT2D eigenvalue weighted by molar-refractivity contribution is 0.112. The van der Waals surface area contributed by atoms with Crippen LogP contribution in [0.1, 0.15) is 22.3 Å². The first kappa shape index (κ1) is 15.6. The highest BCUT2D eigenvalue weighted by Crippen LogP contribution is 2.24. The summed E-state index contributed by atoms with van der Waals surface area (Å²) in [4.78, 5) is 11.2. The molecule has 23 heavy (non-hydrogen) atoms. The van der Waals surface area contributed by atoms with E-state index in [1.807, 2.05) is 55.6 Å². The molecular formula is C19H18ClNO2. The molecule has 0 fully saturated rings. The summed E-state index contributed by atoms with van der Waals surface area (Å²) < 4.78 is 7.85. The molecule has 0 saturated carbocycles. The summed E-state index contributed by atoms with van der Waals surface area (Å²) in [5.41, 5.74) is 2.88. The summed E-state index contributed by atoms with van der Waals surface area (Å²) in [5.74, 6) is 0.891. The second-order valence-electron chi connectivity index (χ2n) is 5.58. The van der Waals surface area contributed by atoms with Gasteiger partial charge in [-0.15, -0.1) is 0 Å². The smallest absolute Gasteiger partial charge is 0.152 e.